The Kier molecular flexibility index (Phi) is 3.25. The summed E-state index contributed by atoms with van der Waals surface area (Å²) in [5, 5.41) is 0. The molecule has 0 spiro atoms. The molecule has 0 aliphatic heterocycles. The van der Waals surface area contributed by atoms with Crippen LogP contribution in [0.25, 0.3) is 0 Å². The number of hydrogen-bond acceptors (Lipinski definition) is 2. The van der Waals surface area contributed by atoms with E-state index in [0.29, 0.717) is 0 Å². The summed E-state index contributed by atoms with van der Waals surface area (Å²) in [7, 11) is 0. The molecular formula is C8H9F3N2. The van der Waals surface area contributed by atoms with Crippen LogP contribution in [0.5, 0.6) is 0 Å². The molecule has 2 nitrogen and oxygen atoms in total. The zero-order valence-electron chi connectivity index (χ0n) is 6.75. The summed E-state index contributed by atoms with van der Waals surface area (Å²) in [5.41, 5.74) is 5.25. The van der Waals surface area contributed by atoms with Gasteiger partial charge in [-0.1, -0.05) is 0 Å². The Hall–Kier alpha value is -1.10. The molecule has 0 saturated carbocycles. The van der Waals surface area contributed by atoms with Crippen molar-refractivity contribution in [2.45, 2.75) is 18.9 Å². The van der Waals surface area contributed by atoms with Crippen LogP contribution < -0.4 is 5.73 Å². The smallest absolute Gasteiger partial charge is 0.253 e. The quantitative estimate of drug-likeness (QED) is 0.781. The van der Waals surface area contributed by atoms with Gasteiger partial charge in [0.25, 0.3) is 6.43 Å². The second kappa shape index (κ2) is 4.23. The molecule has 0 aliphatic rings. The summed E-state index contributed by atoms with van der Waals surface area (Å²) < 4.78 is 36.8. The normalized spacial score (nSPS) is 13.3. The van der Waals surface area contributed by atoms with Crippen molar-refractivity contribution in [3.63, 3.8) is 0 Å². The molecule has 1 aromatic heterocycles. The van der Waals surface area contributed by atoms with E-state index >= 15 is 0 Å². The standard InChI is InChI=1S/C8H9F3N2/c9-6-4-13-2-1-5(6)3-7(12)8(10)11/h1-2,4,7-8H,3,12H2. The van der Waals surface area contributed by atoms with Gasteiger partial charge in [-0.05, 0) is 18.1 Å². The molecule has 1 heterocycles. The molecule has 0 bridgehead atoms. The van der Waals surface area contributed by atoms with Gasteiger partial charge in [0.2, 0.25) is 0 Å². The minimum Gasteiger partial charge on any atom is -0.323 e. The van der Waals surface area contributed by atoms with E-state index in [1.54, 1.807) is 0 Å². The Morgan fingerprint density at radius 3 is 2.69 bits per heavy atom. The zero-order valence-corrected chi connectivity index (χ0v) is 6.75. The number of hydrogen-bond donors (Lipinski definition) is 1. The van der Waals surface area contributed by atoms with E-state index in [0.717, 1.165) is 6.20 Å². The summed E-state index contributed by atoms with van der Waals surface area (Å²) in [4.78, 5) is 3.49. The fourth-order valence-corrected chi connectivity index (χ4v) is 0.913. The number of halogens is 3. The highest BCUT2D eigenvalue weighted by Crippen LogP contribution is 2.10. The van der Waals surface area contributed by atoms with Gasteiger partial charge in [0.15, 0.2) is 0 Å². The van der Waals surface area contributed by atoms with Crippen LogP contribution >= 0.6 is 0 Å². The minimum absolute atomic E-state index is 0.169. The van der Waals surface area contributed by atoms with E-state index in [-0.39, 0.29) is 12.0 Å². The van der Waals surface area contributed by atoms with Gasteiger partial charge < -0.3 is 5.73 Å². The molecule has 13 heavy (non-hydrogen) atoms. The third-order valence-corrected chi connectivity index (χ3v) is 1.64. The van der Waals surface area contributed by atoms with Gasteiger partial charge in [0.05, 0.1) is 12.2 Å². The highest BCUT2D eigenvalue weighted by Gasteiger charge is 2.17. The third kappa shape index (κ3) is 2.69. The summed E-state index contributed by atoms with van der Waals surface area (Å²) in [6.07, 6.45) is -0.483. The maximum atomic E-state index is 12.9. The van der Waals surface area contributed by atoms with Gasteiger partial charge in [-0.25, -0.2) is 13.2 Å². The van der Waals surface area contributed by atoms with E-state index in [9.17, 15) is 13.2 Å². The number of pyridine rings is 1. The predicted octanol–water partition coefficient (Wildman–Crippen LogP) is 1.36. The van der Waals surface area contributed by atoms with Crippen molar-refractivity contribution in [2.24, 2.45) is 5.73 Å². The molecule has 0 fully saturated rings. The molecule has 72 valence electrons. The van der Waals surface area contributed by atoms with Crippen molar-refractivity contribution in [1.82, 2.24) is 4.98 Å². The first kappa shape index (κ1) is 9.98. The number of aromatic nitrogens is 1. The van der Waals surface area contributed by atoms with Crippen molar-refractivity contribution in [3.8, 4) is 0 Å². The summed E-state index contributed by atoms with van der Waals surface area (Å²) in [6, 6.07) is 0.0225. The fourth-order valence-electron chi connectivity index (χ4n) is 0.913. The predicted molar refractivity (Wildman–Crippen MR) is 41.9 cm³/mol. The molecule has 0 amide bonds. The summed E-state index contributed by atoms with van der Waals surface area (Å²) in [6.45, 7) is 0. The van der Waals surface area contributed by atoms with Crippen LogP contribution in [0.1, 0.15) is 5.56 Å². The van der Waals surface area contributed by atoms with Gasteiger partial charge in [0, 0.05) is 6.20 Å². The topological polar surface area (TPSA) is 38.9 Å². The van der Waals surface area contributed by atoms with Crippen LogP contribution in [-0.2, 0) is 6.42 Å². The van der Waals surface area contributed by atoms with E-state index < -0.39 is 18.3 Å². The van der Waals surface area contributed by atoms with Crippen LogP contribution in [0.3, 0.4) is 0 Å². The van der Waals surface area contributed by atoms with Gasteiger partial charge in [-0.3, -0.25) is 4.98 Å². The van der Waals surface area contributed by atoms with Gasteiger partial charge in [0.1, 0.15) is 5.82 Å². The SMILES string of the molecule is NC(Cc1ccncc1F)C(F)F. The highest BCUT2D eigenvalue weighted by molar-refractivity contribution is 5.13. The summed E-state index contributed by atoms with van der Waals surface area (Å²) in [5.74, 6) is -0.599. The monoisotopic (exact) mass is 190 g/mol. The molecule has 1 atom stereocenters. The molecular weight excluding hydrogens is 181 g/mol. The average molecular weight is 190 g/mol. The second-order valence-corrected chi connectivity index (χ2v) is 2.67. The molecule has 5 heteroatoms. The number of nitrogens with two attached hydrogens (primary N) is 1. The first-order chi connectivity index (χ1) is 6.11. The van der Waals surface area contributed by atoms with E-state index in [1.807, 2.05) is 0 Å². The highest BCUT2D eigenvalue weighted by atomic mass is 19.3. The molecule has 0 radical (unpaired) electrons. The Balaban J connectivity index is 2.69. The third-order valence-electron chi connectivity index (χ3n) is 1.64. The first-order valence-corrected chi connectivity index (χ1v) is 3.73. The molecule has 1 unspecified atom stereocenters. The molecule has 1 rings (SSSR count). The molecule has 0 aromatic carbocycles. The van der Waals surface area contributed by atoms with E-state index in [4.69, 9.17) is 5.73 Å². The fraction of sp³-hybridized carbons (Fsp3) is 0.375. The van der Waals surface area contributed by atoms with Gasteiger partial charge in [-0.15, -0.1) is 0 Å². The molecule has 2 N–H and O–H groups in total. The van der Waals surface area contributed by atoms with Crippen molar-refractivity contribution in [3.05, 3.63) is 29.8 Å². The Bertz CT molecular complexity index is 278. The van der Waals surface area contributed by atoms with Crippen molar-refractivity contribution < 1.29 is 13.2 Å². The zero-order chi connectivity index (χ0) is 9.84. The van der Waals surface area contributed by atoms with Crippen molar-refractivity contribution in [1.29, 1.82) is 0 Å². The largest absolute Gasteiger partial charge is 0.323 e. The van der Waals surface area contributed by atoms with Crippen LogP contribution in [0, 0.1) is 5.82 Å². The number of alkyl halides is 2. The molecule has 1 aromatic rings. The Morgan fingerprint density at radius 1 is 1.46 bits per heavy atom. The molecule has 0 saturated heterocycles. The maximum absolute atomic E-state index is 12.9. The van der Waals surface area contributed by atoms with Crippen LogP contribution in [0.4, 0.5) is 13.2 Å². The number of rotatable bonds is 3. The lowest BCUT2D eigenvalue weighted by atomic mass is 10.1. The van der Waals surface area contributed by atoms with Crippen LogP contribution in [0.15, 0.2) is 18.5 Å². The Morgan fingerprint density at radius 2 is 2.15 bits per heavy atom. The minimum atomic E-state index is -2.63. The maximum Gasteiger partial charge on any atom is 0.253 e. The lowest BCUT2D eigenvalue weighted by molar-refractivity contribution is 0.115. The molecule has 0 aliphatic carbocycles. The number of nitrogens with zero attached hydrogens (tertiary/aromatic N) is 1. The lowest BCUT2D eigenvalue weighted by Gasteiger charge is -2.09. The average Bonchev–Trinajstić information content (AvgIpc) is 2.08. The van der Waals surface area contributed by atoms with Crippen LogP contribution in [-0.4, -0.2) is 17.5 Å². The van der Waals surface area contributed by atoms with Crippen molar-refractivity contribution in [2.75, 3.05) is 0 Å². The van der Waals surface area contributed by atoms with E-state index in [1.165, 1.54) is 12.3 Å². The Labute approximate surface area is 73.6 Å². The van der Waals surface area contributed by atoms with Gasteiger partial charge >= 0.3 is 0 Å². The lowest BCUT2D eigenvalue weighted by Crippen LogP contribution is -2.31. The summed E-state index contributed by atoms with van der Waals surface area (Å²) >= 11 is 0. The second-order valence-electron chi connectivity index (χ2n) is 2.67. The van der Waals surface area contributed by atoms with Crippen LogP contribution in [0.2, 0.25) is 0 Å². The van der Waals surface area contributed by atoms with Gasteiger partial charge in [-0.2, -0.15) is 0 Å². The van der Waals surface area contributed by atoms with E-state index in [2.05, 4.69) is 4.98 Å². The van der Waals surface area contributed by atoms with Crippen molar-refractivity contribution >= 4 is 0 Å². The first-order valence-electron chi connectivity index (χ1n) is 3.73.